The Kier molecular flexibility index (Phi) is 7.12. The number of rotatable bonds is 8. The van der Waals surface area contributed by atoms with Crippen LogP contribution in [0.2, 0.25) is 0 Å². The van der Waals surface area contributed by atoms with Crippen molar-refractivity contribution in [1.29, 1.82) is 0 Å². The highest BCUT2D eigenvalue weighted by Crippen LogP contribution is 2.22. The van der Waals surface area contributed by atoms with Gasteiger partial charge in [-0.05, 0) is 22.8 Å². The molecular formula is C26H24O3. The fraction of sp³-hybridized carbons (Fsp3) is 0.154. The van der Waals surface area contributed by atoms with Crippen LogP contribution in [0.3, 0.4) is 0 Å². The first-order valence-corrected chi connectivity index (χ1v) is 9.72. The summed E-state index contributed by atoms with van der Waals surface area (Å²) in [5.41, 5.74) is 2.81. The number of hydrogen-bond acceptors (Lipinski definition) is 3. The van der Waals surface area contributed by atoms with Gasteiger partial charge in [-0.3, -0.25) is 4.79 Å². The van der Waals surface area contributed by atoms with E-state index in [1.807, 2.05) is 97.9 Å². The van der Waals surface area contributed by atoms with E-state index >= 15 is 0 Å². The fourth-order valence-electron chi connectivity index (χ4n) is 3.06. The maximum absolute atomic E-state index is 13.2. The summed E-state index contributed by atoms with van der Waals surface area (Å²) in [7, 11) is 0. The molecule has 1 atom stereocenters. The maximum Gasteiger partial charge on any atom is 0.341 e. The van der Waals surface area contributed by atoms with E-state index in [9.17, 15) is 9.59 Å². The number of esters is 1. The van der Waals surface area contributed by atoms with Gasteiger partial charge in [-0.1, -0.05) is 97.9 Å². The van der Waals surface area contributed by atoms with Crippen LogP contribution in [0.1, 0.15) is 29.5 Å². The van der Waals surface area contributed by atoms with Crippen LogP contribution in [0, 0.1) is 0 Å². The molecule has 0 amide bonds. The lowest BCUT2D eigenvalue weighted by molar-refractivity contribution is -0.140. The lowest BCUT2D eigenvalue weighted by Crippen LogP contribution is -2.21. The summed E-state index contributed by atoms with van der Waals surface area (Å²) >= 11 is 0. The second-order valence-corrected chi connectivity index (χ2v) is 6.84. The standard InChI is InChI=1S/C26H24O3/c1-20(23-15-9-4-10-16-23)25(27)24(19-22-13-7-3-8-14-22)26(28)29-18-17-21-11-5-2-6-12-21/h2-16,19-20H,17-18H2,1H3. The molecule has 0 aliphatic heterocycles. The summed E-state index contributed by atoms with van der Waals surface area (Å²) in [6.45, 7) is 2.04. The van der Waals surface area contributed by atoms with Crippen LogP contribution in [0.25, 0.3) is 6.08 Å². The quantitative estimate of drug-likeness (QED) is 0.231. The second kappa shape index (κ2) is 10.2. The first kappa shape index (κ1) is 20.3. The van der Waals surface area contributed by atoms with Gasteiger partial charge in [-0.25, -0.2) is 4.79 Å². The van der Waals surface area contributed by atoms with Crippen molar-refractivity contribution in [3.8, 4) is 0 Å². The average molecular weight is 384 g/mol. The van der Waals surface area contributed by atoms with Gasteiger partial charge in [0.15, 0.2) is 5.78 Å². The van der Waals surface area contributed by atoms with E-state index in [1.165, 1.54) is 0 Å². The van der Waals surface area contributed by atoms with Crippen molar-refractivity contribution < 1.29 is 14.3 Å². The van der Waals surface area contributed by atoms with E-state index in [4.69, 9.17) is 4.74 Å². The Balaban J connectivity index is 1.78. The van der Waals surface area contributed by atoms with Gasteiger partial charge < -0.3 is 4.74 Å². The number of hydrogen-bond donors (Lipinski definition) is 0. The molecule has 29 heavy (non-hydrogen) atoms. The van der Waals surface area contributed by atoms with Crippen LogP contribution >= 0.6 is 0 Å². The number of Topliss-reactive ketones (excluding diaryl/α,β-unsaturated/α-hetero) is 1. The monoisotopic (exact) mass is 384 g/mol. The van der Waals surface area contributed by atoms with Gasteiger partial charge >= 0.3 is 5.97 Å². The van der Waals surface area contributed by atoms with Gasteiger partial charge in [0.05, 0.1) is 6.61 Å². The van der Waals surface area contributed by atoms with Crippen molar-refractivity contribution in [3.05, 3.63) is 113 Å². The van der Waals surface area contributed by atoms with Crippen molar-refractivity contribution in [2.45, 2.75) is 19.3 Å². The number of carbonyl (C=O) groups excluding carboxylic acids is 2. The summed E-state index contributed by atoms with van der Waals surface area (Å²) in [5, 5.41) is 0. The predicted molar refractivity (Wildman–Crippen MR) is 115 cm³/mol. The molecule has 1 unspecified atom stereocenters. The predicted octanol–water partition coefficient (Wildman–Crippen LogP) is 5.23. The topological polar surface area (TPSA) is 43.4 Å². The van der Waals surface area contributed by atoms with Crippen LogP contribution in [0.15, 0.2) is 96.6 Å². The van der Waals surface area contributed by atoms with Gasteiger partial charge in [0.1, 0.15) is 5.57 Å². The van der Waals surface area contributed by atoms with Crippen LogP contribution in [0.5, 0.6) is 0 Å². The zero-order valence-corrected chi connectivity index (χ0v) is 16.5. The van der Waals surface area contributed by atoms with E-state index < -0.39 is 11.9 Å². The smallest absolute Gasteiger partial charge is 0.341 e. The van der Waals surface area contributed by atoms with Crippen molar-refractivity contribution in [1.82, 2.24) is 0 Å². The van der Waals surface area contributed by atoms with Gasteiger partial charge in [-0.2, -0.15) is 0 Å². The van der Waals surface area contributed by atoms with Gasteiger partial charge in [-0.15, -0.1) is 0 Å². The fourth-order valence-corrected chi connectivity index (χ4v) is 3.06. The van der Waals surface area contributed by atoms with Gasteiger partial charge in [0.2, 0.25) is 0 Å². The lowest BCUT2D eigenvalue weighted by atomic mass is 9.91. The summed E-state index contributed by atoms with van der Waals surface area (Å²) in [4.78, 5) is 26.0. The van der Waals surface area contributed by atoms with Crippen molar-refractivity contribution >= 4 is 17.8 Å². The Morgan fingerprint density at radius 1 is 0.828 bits per heavy atom. The van der Waals surface area contributed by atoms with E-state index in [-0.39, 0.29) is 18.0 Å². The van der Waals surface area contributed by atoms with Crippen molar-refractivity contribution in [2.75, 3.05) is 6.61 Å². The summed E-state index contributed by atoms with van der Waals surface area (Å²) in [5.74, 6) is -1.27. The first-order valence-electron chi connectivity index (χ1n) is 9.72. The maximum atomic E-state index is 13.2. The van der Waals surface area contributed by atoms with Crippen LogP contribution < -0.4 is 0 Å². The molecule has 0 N–H and O–H groups in total. The molecule has 0 saturated heterocycles. The minimum absolute atomic E-state index is 0.0700. The molecule has 3 heteroatoms. The van der Waals surface area contributed by atoms with Gasteiger partial charge in [0.25, 0.3) is 0 Å². The molecule has 0 heterocycles. The van der Waals surface area contributed by atoms with E-state index in [0.717, 1.165) is 16.7 Å². The number of carbonyl (C=O) groups is 2. The molecule has 3 nitrogen and oxygen atoms in total. The largest absolute Gasteiger partial charge is 0.462 e. The Labute approximate surface area is 171 Å². The minimum atomic E-state index is -0.586. The first-order chi connectivity index (χ1) is 14.1. The molecule has 3 aromatic rings. The van der Waals surface area contributed by atoms with Crippen LogP contribution in [0.4, 0.5) is 0 Å². The Hall–Kier alpha value is -3.46. The zero-order valence-electron chi connectivity index (χ0n) is 16.5. The molecular weight excluding hydrogens is 360 g/mol. The molecule has 146 valence electrons. The summed E-state index contributed by atoms with van der Waals surface area (Å²) < 4.78 is 5.46. The summed E-state index contributed by atoms with van der Waals surface area (Å²) in [6, 6.07) is 28.6. The minimum Gasteiger partial charge on any atom is -0.462 e. The molecule has 3 rings (SSSR count). The summed E-state index contributed by atoms with van der Waals surface area (Å²) in [6.07, 6.45) is 2.22. The van der Waals surface area contributed by atoms with E-state index in [1.54, 1.807) is 6.08 Å². The molecule has 3 aromatic carbocycles. The molecule has 0 aromatic heterocycles. The highest BCUT2D eigenvalue weighted by molar-refractivity contribution is 6.22. The number of ketones is 1. The molecule has 0 spiro atoms. The third kappa shape index (κ3) is 5.76. The Bertz CT molecular complexity index is 961. The molecule has 0 fully saturated rings. The normalized spacial score (nSPS) is 12.2. The molecule has 0 saturated carbocycles. The zero-order chi connectivity index (χ0) is 20.5. The van der Waals surface area contributed by atoms with Gasteiger partial charge in [0, 0.05) is 12.3 Å². The SMILES string of the molecule is CC(C(=O)C(=Cc1ccccc1)C(=O)OCCc1ccccc1)c1ccccc1. The van der Waals surface area contributed by atoms with Crippen molar-refractivity contribution in [3.63, 3.8) is 0 Å². The second-order valence-electron chi connectivity index (χ2n) is 6.84. The molecule has 0 radical (unpaired) electrons. The highest BCUT2D eigenvalue weighted by Gasteiger charge is 2.25. The highest BCUT2D eigenvalue weighted by atomic mass is 16.5. The third-order valence-electron chi connectivity index (χ3n) is 4.76. The number of ether oxygens (including phenoxy) is 1. The lowest BCUT2D eigenvalue weighted by Gasteiger charge is -2.14. The average Bonchev–Trinajstić information content (AvgIpc) is 2.78. The molecule has 0 bridgehead atoms. The van der Waals surface area contributed by atoms with Crippen molar-refractivity contribution in [2.24, 2.45) is 0 Å². The van der Waals surface area contributed by atoms with Crippen LogP contribution in [-0.4, -0.2) is 18.4 Å². The third-order valence-corrected chi connectivity index (χ3v) is 4.76. The van der Waals surface area contributed by atoms with Crippen LogP contribution in [-0.2, 0) is 20.7 Å². The molecule has 0 aliphatic carbocycles. The molecule has 0 aliphatic rings. The Morgan fingerprint density at radius 3 is 2.00 bits per heavy atom. The number of benzene rings is 3. The van der Waals surface area contributed by atoms with E-state index in [2.05, 4.69) is 0 Å². The van der Waals surface area contributed by atoms with E-state index in [0.29, 0.717) is 6.42 Å². The Morgan fingerprint density at radius 2 is 1.38 bits per heavy atom.